The van der Waals surface area contributed by atoms with Gasteiger partial charge in [-0.1, -0.05) is 44.2 Å². The first-order valence-electron chi connectivity index (χ1n) is 7.47. The number of hydrogen-bond donors (Lipinski definition) is 2. The van der Waals surface area contributed by atoms with Crippen molar-refractivity contribution in [1.29, 1.82) is 0 Å². The molecule has 1 fully saturated rings. The summed E-state index contributed by atoms with van der Waals surface area (Å²) in [6, 6.07) is 0. The van der Waals surface area contributed by atoms with E-state index in [4.69, 9.17) is 10.9 Å². The minimum Gasteiger partial charge on any atom is -0.409 e. The molecule has 0 saturated carbocycles. The van der Waals surface area contributed by atoms with Crippen LogP contribution in [0, 0.1) is 5.92 Å². The standard InChI is InChI=1S/C14H29N3O/c1-2-3-4-5-6-7-10-17-11-8-13(9-12-17)14(15)16-18/h13,18H,2-12H2,1H3,(H2,15,16). The summed E-state index contributed by atoms with van der Waals surface area (Å²) in [5.74, 6) is 0.699. The molecule has 1 heterocycles. The largest absolute Gasteiger partial charge is 0.409 e. The van der Waals surface area contributed by atoms with E-state index in [9.17, 15) is 0 Å². The van der Waals surface area contributed by atoms with Gasteiger partial charge in [-0.05, 0) is 38.9 Å². The number of nitrogens with two attached hydrogens (primary N) is 1. The van der Waals surface area contributed by atoms with Crippen LogP contribution in [0.3, 0.4) is 0 Å². The summed E-state index contributed by atoms with van der Waals surface area (Å²) in [5.41, 5.74) is 5.64. The maximum Gasteiger partial charge on any atom is 0.142 e. The summed E-state index contributed by atoms with van der Waals surface area (Å²) >= 11 is 0. The van der Waals surface area contributed by atoms with Crippen molar-refractivity contribution < 1.29 is 5.21 Å². The average Bonchev–Trinajstić information content (AvgIpc) is 2.42. The maximum atomic E-state index is 8.65. The van der Waals surface area contributed by atoms with E-state index in [0.717, 1.165) is 25.9 Å². The lowest BCUT2D eigenvalue weighted by atomic mass is 9.95. The highest BCUT2D eigenvalue weighted by molar-refractivity contribution is 5.82. The number of amidine groups is 1. The molecule has 0 aliphatic carbocycles. The lowest BCUT2D eigenvalue weighted by molar-refractivity contribution is 0.202. The second-order valence-electron chi connectivity index (χ2n) is 5.41. The van der Waals surface area contributed by atoms with Gasteiger partial charge in [-0.2, -0.15) is 0 Å². The molecule has 1 aliphatic rings. The van der Waals surface area contributed by atoms with E-state index in [0.29, 0.717) is 5.84 Å². The van der Waals surface area contributed by atoms with Crippen molar-refractivity contribution in [3.8, 4) is 0 Å². The van der Waals surface area contributed by atoms with Gasteiger partial charge in [-0.25, -0.2) is 0 Å². The third-order valence-corrected chi connectivity index (χ3v) is 3.95. The van der Waals surface area contributed by atoms with Crippen molar-refractivity contribution in [2.45, 2.75) is 58.3 Å². The summed E-state index contributed by atoms with van der Waals surface area (Å²) < 4.78 is 0. The molecule has 0 atom stereocenters. The van der Waals surface area contributed by atoms with E-state index < -0.39 is 0 Å². The molecule has 0 spiro atoms. The van der Waals surface area contributed by atoms with Crippen molar-refractivity contribution in [3.63, 3.8) is 0 Å². The van der Waals surface area contributed by atoms with Crippen LogP contribution in [0.5, 0.6) is 0 Å². The first-order valence-corrected chi connectivity index (χ1v) is 7.47. The van der Waals surface area contributed by atoms with Crippen molar-refractivity contribution in [2.24, 2.45) is 16.8 Å². The normalized spacial score (nSPS) is 19.3. The van der Waals surface area contributed by atoms with Crippen molar-refractivity contribution in [3.05, 3.63) is 0 Å². The smallest absolute Gasteiger partial charge is 0.142 e. The van der Waals surface area contributed by atoms with E-state index in [-0.39, 0.29) is 5.92 Å². The van der Waals surface area contributed by atoms with Crippen LogP contribution in [0.2, 0.25) is 0 Å². The predicted octanol–water partition coefficient (Wildman–Crippen LogP) is 2.81. The Hall–Kier alpha value is -0.770. The number of unbranched alkanes of at least 4 members (excludes halogenated alkanes) is 5. The van der Waals surface area contributed by atoms with Crippen LogP contribution in [-0.2, 0) is 0 Å². The molecule has 3 N–H and O–H groups in total. The molecule has 0 amide bonds. The molecule has 4 nitrogen and oxygen atoms in total. The van der Waals surface area contributed by atoms with E-state index >= 15 is 0 Å². The molecule has 1 rings (SSSR count). The monoisotopic (exact) mass is 255 g/mol. The number of nitrogens with zero attached hydrogens (tertiary/aromatic N) is 2. The van der Waals surface area contributed by atoms with Crippen LogP contribution >= 0.6 is 0 Å². The highest BCUT2D eigenvalue weighted by atomic mass is 16.4. The molecule has 0 aromatic carbocycles. The number of rotatable bonds is 8. The van der Waals surface area contributed by atoms with Gasteiger partial charge in [0.15, 0.2) is 0 Å². The fraction of sp³-hybridized carbons (Fsp3) is 0.929. The molecule has 0 aromatic heterocycles. The number of likely N-dealkylation sites (tertiary alicyclic amines) is 1. The van der Waals surface area contributed by atoms with Crippen molar-refractivity contribution in [1.82, 2.24) is 4.90 Å². The van der Waals surface area contributed by atoms with Crippen LogP contribution in [0.15, 0.2) is 5.16 Å². The lowest BCUT2D eigenvalue weighted by Crippen LogP contribution is -2.39. The molecule has 0 unspecified atom stereocenters. The second-order valence-corrected chi connectivity index (χ2v) is 5.41. The number of hydrogen-bond acceptors (Lipinski definition) is 3. The Kier molecular flexibility index (Phi) is 7.81. The second kappa shape index (κ2) is 9.20. The Morgan fingerprint density at radius 2 is 1.78 bits per heavy atom. The fourth-order valence-electron chi connectivity index (χ4n) is 2.65. The van der Waals surface area contributed by atoms with Crippen molar-refractivity contribution in [2.75, 3.05) is 19.6 Å². The van der Waals surface area contributed by atoms with E-state index in [1.165, 1.54) is 45.1 Å². The molecule has 18 heavy (non-hydrogen) atoms. The van der Waals surface area contributed by atoms with Gasteiger partial charge in [0.1, 0.15) is 5.84 Å². The molecular formula is C14H29N3O. The predicted molar refractivity (Wildman–Crippen MR) is 75.9 cm³/mol. The topological polar surface area (TPSA) is 61.8 Å². The maximum absolute atomic E-state index is 8.65. The van der Waals surface area contributed by atoms with E-state index in [1.807, 2.05) is 0 Å². The quantitative estimate of drug-likeness (QED) is 0.230. The van der Waals surface area contributed by atoms with Gasteiger partial charge in [0.05, 0.1) is 0 Å². The SMILES string of the molecule is CCCCCCCCN1CCC(C(N)=NO)CC1. The van der Waals surface area contributed by atoms with E-state index in [1.54, 1.807) is 0 Å². The average molecular weight is 255 g/mol. The molecule has 106 valence electrons. The molecular weight excluding hydrogens is 226 g/mol. The van der Waals surface area contributed by atoms with Gasteiger partial charge >= 0.3 is 0 Å². The van der Waals surface area contributed by atoms with Crippen LogP contribution in [0.4, 0.5) is 0 Å². The molecule has 4 heteroatoms. The summed E-state index contributed by atoms with van der Waals surface area (Å²) in [7, 11) is 0. The first-order chi connectivity index (χ1) is 8.77. The molecule has 0 radical (unpaired) electrons. The zero-order chi connectivity index (χ0) is 13.2. The highest BCUT2D eigenvalue weighted by Gasteiger charge is 2.21. The van der Waals surface area contributed by atoms with Crippen LogP contribution in [0.25, 0.3) is 0 Å². The molecule has 0 aromatic rings. The molecule has 1 saturated heterocycles. The van der Waals surface area contributed by atoms with Crippen molar-refractivity contribution >= 4 is 5.84 Å². The summed E-state index contributed by atoms with van der Waals surface area (Å²) in [6.07, 6.45) is 10.2. The van der Waals surface area contributed by atoms with Gasteiger partial charge in [0.2, 0.25) is 0 Å². The summed E-state index contributed by atoms with van der Waals surface area (Å²) in [6.45, 7) is 5.66. The number of oxime groups is 1. The minimum atomic E-state index is 0.288. The summed E-state index contributed by atoms with van der Waals surface area (Å²) in [5, 5.41) is 11.8. The van der Waals surface area contributed by atoms with Gasteiger partial charge in [0, 0.05) is 5.92 Å². The Morgan fingerprint density at radius 1 is 1.17 bits per heavy atom. The van der Waals surface area contributed by atoms with Gasteiger partial charge < -0.3 is 15.8 Å². The molecule has 1 aliphatic heterocycles. The third-order valence-electron chi connectivity index (χ3n) is 3.95. The molecule has 0 bridgehead atoms. The van der Waals surface area contributed by atoms with Crippen LogP contribution < -0.4 is 5.73 Å². The van der Waals surface area contributed by atoms with Gasteiger partial charge in [-0.15, -0.1) is 0 Å². The van der Waals surface area contributed by atoms with Gasteiger partial charge in [0.25, 0.3) is 0 Å². The zero-order valence-corrected chi connectivity index (χ0v) is 11.8. The third kappa shape index (κ3) is 5.71. The Bertz CT molecular complexity index is 235. The minimum absolute atomic E-state index is 0.288. The van der Waals surface area contributed by atoms with E-state index in [2.05, 4.69) is 17.0 Å². The van der Waals surface area contributed by atoms with Crippen LogP contribution in [-0.4, -0.2) is 35.6 Å². The zero-order valence-electron chi connectivity index (χ0n) is 11.8. The lowest BCUT2D eigenvalue weighted by Gasteiger charge is -2.31. The number of piperidine rings is 1. The Morgan fingerprint density at radius 3 is 2.39 bits per heavy atom. The fourth-order valence-corrected chi connectivity index (χ4v) is 2.65. The van der Waals surface area contributed by atoms with Crippen LogP contribution in [0.1, 0.15) is 58.3 Å². The Balaban J connectivity index is 2.02. The summed E-state index contributed by atoms with van der Waals surface area (Å²) in [4.78, 5) is 2.51. The first kappa shape index (κ1) is 15.3. The highest BCUT2D eigenvalue weighted by Crippen LogP contribution is 2.17. The Labute approximate surface area is 111 Å². The van der Waals surface area contributed by atoms with Gasteiger partial charge in [-0.3, -0.25) is 0 Å².